The normalized spacial score (nSPS) is 11.9. The second-order valence-corrected chi connectivity index (χ2v) is 13.3. The maximum Gasteiger partial charge on any atom is 0.136 e. The van der Waals surface area contributed by atoms with Gasteiger partial charge in [0, 0.05) is 33.3 Å². The molecule has 0 unspecified atom stereocenters. The number of fused-ring (bicyclic) bond motifs is 9. The summed E-state index contributed by atoms with van der Waals surface area (Å²) in [6.45, 7) is 0. The Balaban J connectivity index is 1.08. The summed E-state index contributed by atoms with van der Waals surface area (Å²) in [4.78, 5) is 9.76. The van der Waals surface area contributed by atoms with Gasteiger partial charge < -0.3 is 4.42 Å². The number of hydrogen-bond acceptors (Lipinski definition) is 3. The molecule has 0 N–H and O–H groups in total. The third kappa shape index (κ3) is 4.32. The van der Waals surface area contributed by atoms with E-state index in [4.69, 9.17) is 9.40 Å². The Kier molecular flexibility index (Phi) is 5.96. The molecule has 0 amide bonds. The maximum absolute atomic E-state index is 6.38. The van der Waals surface area contributed by atoms with Crippen molar-refractivity contribution in [2.75, 3.05) is 0 Å². The molecule has 0 atom stereocenters. The van der Waals surface area contributed by atoms with Gasteiger partial charge in [-0.2, -0.15) is 0 Å². The van der Waals surface area contributed by atoms with Crippen LogP contribution in [0.15, 0.2) is 174 Å². The fourth-order valence-corrected chi connectivity index (χ4v) is 8.06. The first-order valence-corrected chi connectivity index (χ1v) is 17.3. The van der Waals surface area contributed by atoms with Crippen molar-refractivity contribution < 1.29 is 4.42 Å². The molecule has 0 aliphatic heterocycles. The molecule has 0 bridgehead atoms. The lowest BCUT2D eigenvalue weighted by Gasteiger charge is -2.18. The summed E-state index contributed by atoms with van der Waals surface area (Å²) < 4.78 is 6.38. The van der Waals surface area contributed by atoms with Crippen LogP contribution in [-0.2, 0) is 0 Å². The summed E-state index contributed by atoms with van der Waals surface area (Å²) in [6.07, 6.45) is 1.84. The predicted octanol–water partition coefficient (Wildman–Crippen LogP) is 13.1. The summed E-state index contributed by atoms with van der Waals surface area (Å²) in [7, 11) is 0. The first kappa shape index (κ1) is 28.0. The zero-order valence-electron chi connectivity index (χ0n) is 27.5. The van der Waals surface area contributed by atoms with Gasteiger partial charge in [-0.15, -0.1) is 0 Å². The smallest absolute Gasteiger partial charge is 0.136 e. The van der Waals surface area contributed by atoms with Gasteiger partial charge in [-0.3, -0.25) is 4.98 Å². The van der Waals surface area contributed by atoms with Crippen LogP contribution in [0.2, 0.25) is 0 Å². The fourth-order valence-electron chi connectivity index (χ4n) is 8.06. The van der Waals surface area contributed by atoms with Gasteiger partial charge in [-0.25, -0.2) is 4.98 Å². The van der Waals surface area contributed by atoms with Gasteiger partial charge in [0.05, 0.1) is 16.7 Å². The van der Waals surface area contributed by atoms with Crippen LogP contribution >= 0.6 is 0 Å². The lowest BCUT2D eigenvalue weighted by Crippen LogP contribution is -1.91. The molecule has 8 aromatic carbocycles. The number of nitrogens with zero attached hydrogens (tertiary/aromatic N) is 2. The second kappa shape index (κ2) is 10.8. The third-order valence-corrected chi connectivity index (χ3v) is 10.5. The van der Waals surface area contributed by atoms with Crippen LogP contribution in [0, 0.1) is 0 Å². The summed E-state index contributed by atoms with van der Waals surface area (Å²) >= 11 is 0. The summed E-state index contributed by atoms with van der Waals surface area (Å²) in [5.74, 6) is 0. The first-order valence-electron chi connectivity index (χ1n) is 17.3. The molecule has 0 aliphatic carbocycles. The third-order valence-electron chi connectivity index (χ3n) is 10.5. The van der Waals surface area contributed by atoms with Crippen molar-refractivity contribution in [3.05, 3.63) is 170 Å². The Morgan fingerprint density at radius 3 is 1.63 bits per heavy atom. The van der Waals surface area contributed by atoms with Crippen molar-refractivity contribution >= 4 is 76.1 Å². The predicted molar refractivity (Wildman–Crippen MR) is 213 cm³/mol. The van der Waals surface area contributed by atoms with E-state index < -0.39 is 0 Å². The highest BCUT2D eigenvalue weighted by molar-refractivity contribution is 6.22. The largest absolute Gasteiger partial charge is 0.456 e. The van der Waals surface area contributed by atoms with Crippen LogP contribution in [0.4, 0.5) is 0 Å². The van der Waals surface area contributed by atoms with Crippen molar-refractivity contribution in [2.45, 2.75) is 0 Å². The molecule has 0 spiro atoms. The van der Waals surface area contributed by atoms with E-state index in [9.17, 15) is 0 Å². The van der Waals surface area contributed by atoms with Crippen molar-refractivity contribution in [3.8, 4) is 33.5 Å². The van der Waals surface area contributed by atoms with Crippen molar-refractivity contribution in [3.63, 3.8) is 0 Å². The molecule has 3 heterocycles. The highest BCUT2D eigenvalue weighted by Crippen LogP contribution is 2.45. The molecule has 3 nitrogen and oxygen atoms in total. The maximum atomic E-state index is 6.38. The van der Waals surface area contributed by atoms with E-state index in [0.29, 0.717) is 0 Å². The van der Waals surface area contributed by atoms with Crippen molar-refractivity contribution in [1.82, 2.24) is 9.97 Å². The van der Waals surface area contributed by atoms with Gasteiger partial charge in [-0.05, 0) is 91.0 Å². The van der Waals surface area contributed by atoms with Crippen molar-refractivity contribution in [2.24, 2.45) is 0 Å². The minimum absolute atomic E-state index is 0.903. The van der Waals surface area contributed by atoms with Crippen LogP contribution in [0.1, 0.15) is 0 Å². The molecule has 3 heteroatoms. The average Bonchev–Trinajstić information content (AvgIpc) is 3.55. The quantitative estimate of drug-likeness (QED) is 0.141. The van der Waals surface area contributed by atoms with E-state index in [2.05, 4.69) is 163 Å². The summed E-state index contributed by atoms with van der Waals surface area (Å²) in [6, 6.07) is 58.6. The Hall–Kier alpha value is -6.84. The van der Waals surface area contributed by atoms with E-state index >= 15 is 0 Å². The van der Waals surface area contributed by atoms with Crippen LogP contribution in [-0.4, -0.2) is 9.97 Å². The number of hydrogen-bond donors (Lipinski definition) is 0. The molecule has 3 aromatic heterocycles. The summed E-state index contributed by atoms with van der Waals surface area (Å²) in [5, 5.41) is 11.8. The van der Waals surface area contributed by atoms with Gasteiger partial charge >= 0.3 is 0 Å². The topological polar surface area (TPSA) is 38.9 Å². The van der Waals surface area contributed by atoms with Crippen LogP contribution < -0.4 is 0 Å². The lowest BCUT2D eigenvalue weighted by molar-refractivity contribution is 0.669. The minimum Gasteiger partial charge on any atom is -0.456 e. The Bertz CT molecular complexity index is 3130. The monoisotopic (exact) mass is 648 g/mol. The fraction of sp³-hybridized carbons (Fsp3) is 0. The van der Waals surface area contributed by atoms with Crippen LogP contribution in [0.5, 0.6) is 0 Å². The highest BCUT2D eigenvalue weighted by atomic mass is 16.3. The Morgan fingerprint density at radius 2 is 0.902 bits per heavy atom. The molecular weight excluding hydrogens is 621 g/mol. The molecule has 0 saturated heterocycles. The molecular formula is C48H28N2O. The van der Waals surface area contributed by atoms with E-state index in [-0.39, 0.29) is 0 Å². The molecule has 0 saturated carbocycles. The van der Waals surface area contributed by atoms with Crippen LogP contribution in [0.25, 0.3) is 110 Å². The number of rotatable bonds is 3. The average molecular weight is 649 g/mol. The Labute approximate surface area is 293 Å². The van der Waals surface area contributed by atoms with E-state index in [1.807, 2.05) is 12.3 Å². The van der Waals surface area contributed by atoms with Gasteiger partial charge in [-0.1, -0.05) is 127 Å². The standard InChI is InChI=1S/C48H28N2O/c1-2-9-34-28-44-41(26-33(34)8-1)40-27-35(22-24-43(40)51-44)46-38-13-5-3-11-36(38)45(37-12-4-6-14-39(37)46)30-17-15-29(16-18-30)42-23-21-32-20-19-31-10-7-25-49-47(31)48(32)50-42/h1-28H. The van der Waals surface area contributed by atoms with E-state index in [1.54, 1.807) is 0 Å². The zero-order valence-corrected chi connectivity index (χ0v) is 27.5. The lowest BCUT2D eigenvalue weighted by atomic mass is 9.85. The Morgan fingerprint density at radius 1 is 0.353 bits per heavy atom. The van der Waals surface area contributed by atoms with Crippen LogP contribution in [0.3, 0.4) is 0 Å². The minimum atomic E-state index is 0.903. The number of benzene rings is 8. The SMILES string of the molecule is c1ccc2cc3c(cc2c1)oc1ccc(-c2c4ccccc4c(-c4ccc(-c5ccc6ccc7cccnc7c6n5)cc4)c4ccccc24)cc13. The number of pyridine rings is 2. The van der Waals surface area contributed by atoms with Gasteiger partial charge in [0.1, 0.15) is 11.2 Å². The molecule has 236 valence electrons. The van der Waals surface area contributed by atoms with Crippen molar-refractivity contribution in [1.29, 1.82) is 0 Å². The van der Waals surface area contributed by atoms with Gasteiger partial charge in [0.2, 0.25) is 0 Å². The molecule has 0 aliphatic rings. The highest BCUT2D eigenvalue weighted by Gasteiger charge is 2.18. The van der Waals surface area contributed by atoms with Gasteiger partial charge in [0.25, 0.3) is 0 Å². The molecule has 0 fully saturated rings. The molecule has 51 heavy (non-hydrogen) atoms. The molecule has 0 radical (unpaired) electrons. The zero-order chi connectivity index (χ0) is 33.5. The number of aromatic nitrogens is 2. The first-order chi connectivity index (χ1) is 25.3. The number of furan rings is 1. The summed E-state index contributed by atoms with van der Waals surface area (Å²) in [5.41, 5.74) is 10.5. The van der Waals surface area contributed by atoms with E-state index in [0.717, 1.165) is 55.0 Å². The molecule has 11 aromatic rings. The second-order valence-electron chi connectivity index (χ2n) is 13.3. The van der Waals surface area contributed by atoms with E-state index in [1.165, 1.54) is 54.6 Å². The van der Waals surface area contributed by atoms with Gasteiger partial charge in [0.15, 0.2) is 0 Å². The molecule has 11 rings (SSSR count).